The van der Waals surface area contributed by atoms with Crippen LogP contribution in [-0.4, -0.2) is 110 Å². The Labute approximate surface area is 166 Å². The predicted octanol–water partition coefficient (Wildman–Crippen LogP) is 0.347. The third-order valence-corrected chi connectivity index (χ3v) is 2.92. The first-order valence-corrected chi connectivity index (χ1v) is 9.26. The lowest BCUT2D eigenvalue weighted by Crippen LogP contribution is -2.15. The average molecular weight is 410 g/mol. The lowest BCUT2D eigenvalue weighted by atomic mass is 10.6. The van der Waals surface area contributed by atoms with Gasteiger partial charge in [0.05, 0.1) is 92.2 Å². The second kappa shape index (κ2) is 23.8. The van der Waals surface area contributed by atoms with Gasteiger partial charge >= 0.3 is 5.97 Å². The van der Waals surface area contributed by atoms with Crippen LogP contribution in [-0.2, 0) is 42.7 Å². The largest absolute Gasteiger partial charge is 0.499 e. The van der Waals surface area contributed by atoms with Crippen molar-refractivity contribution in [1.82, 2.24) is 0 Å². The maximum atomic E-state index is 10.2. The zero-order valence-electron chi connectivity index (χ0n) is 16.5. The van der Waals surface area contributed by atoms with Gasteiger partial charge in [-0.2, -0.15) is 0 Å². The van der Waals surface area contributed by atoms with Crippen molar-refractivity contribution in [3.8, 4) is 0 Å². The molecule has 0 aliphatic heterocycles. The Hall–Kier alpha value is -1.27. The van der Waals surface area contributed by atoms with E-state index in [2.05, 4.69) is 6.58 Å². The van der Waals surface area contributed by atoms with Crippen LogP contribution in [0.3, 0.4) is 0 Å². The zero-order valence-corrected chi connectivity index (χ0v) is 16.5. The fourth-order valence-corrected chi connectivity index (χ4v) is 1.67. The summed E-state index contributed by atoms with van der Waals surface area (Å²) in [6, 6.07) is 0. The Morgan fingerprint density at radius 2 is 0.857 bits per heavy atom. The van der Waals surface area contributed by atoms with Gasteiger partial charge in [0.15, 0.2) is 0 Å². The van der Waals surface area contributed by atoms with Crippen molar-refractivity contribution in [2.45, 2.75) is 0 Å². The lowest BCUT2D eigenvalue weighted by Gasteiger charge is -2.08. The first-order chi connectivity index (χ1) is 13.8. The molecule has 10 nitrogen and oxygen atoms in total. The minimum absolute atomic E-state index is 0.250. The van der Waals surface area contributed by atoms with Crippen molar-refractivity contribution >= 4 is 5.97 Å². The molecule has 28 heavy (non-hydrogen) atoms. The molecule has 0 saturated heterocycles. The van der Waals surface area contributed by atoms with Crippen LogP contribution in [0.15, 0.2) is 12.8 Å². The molecule has 0 bridgehead atoms. The summed E-state index contributed by atoms with van der Waals surface area (Å²) in [5.41, 5.74) is 0. The Kier molecular flexibility index (Phi) is 22.7. The highest BCUT2D eigenvalue weighted by molar-refractivity contribution is 5.67. The molecule has 0 aliphatic carbocycles. The van der Waals surface area contributed by atoms with Crippen LogP contribution in [0, 0.1) is 0 Å². The van der Waals surface area contributed by atoms with E-state index in [4.69, 9.17) is 43.0 Å². The molecule has 0 rings (SSSR count). The number of carbonyl (C=O) groups is 1. The molecular formula is C18H34O10. The third kappa shape index (κ3) is 24.7. The van der Waals surface area contributed by atoms with E-state index >= 15 is 0 Å². The van der Waals surface area contributed by atoms with Gasteiger partial charge in [-0.15, -0.1) is 0 Å². The Balaban J connectivity index is 2.99. The molecule has 0 unspecified atom stereocenters. The molecule has 10 heteroatoms. The van der Waals surface area contributed by atoms with Crippen LogP contribution >= 0.6 is 0 Å². The zero-order chi connectivity index (χ0) is 20.5. The molecule has 0 aromatic carbocycles. The standard InChI is InChI=1S/C18H34O10/c1-2-21-3-4-22-5-6-23-7-8-24-9-10-25-11-12-26-13-14-27-15-16-28-17-18(19)20/h2H,1,3-17H2,(H,19,20). The molecule has 0 aromatic rings. The van der Waals surface area contributed by atoms with E-state index in [9.17, 15) is 4.79 Å². The van der Waals surface area contributed by atoms with Gasteiger partial charge in [0, 0.05) is 0 Å². The van der Waals surface area contributed by atoms with Crippen LogP contribution in [0.5, 0.6) is 0 Å². The molecule has 0 heterocycles. The van der Waals surface area contributed by atoms with E-state index < -0.39 is 5.97 Å². The van der Waals surface area contributed by atoms with Gasteiger partial charge in [0.2, 0.25) is 0 Å². The van der Waals surface area contributed by atoms with Gasteiger partial charge < -0.3 is 43.0 Å². The van der Waals surface area contributed by atoms with Gasteiger partial charge in [0.25, 0.3) is 0 Å². The molecule has 0 spiro atoms. The van der Waals surface area contributed by atoms with E-state index in [0.717, 1.165) is 0 Å². The Morgan fingerprint density at radius 3 is 1.14 bits per heavy atom. The lowest BCUT2D eigenvalue weighted by molar-refractivity contribution is -0.142. The highest BCUT2D eigenvalue weighted by Gasteiger charge is 1.96. The van der Waals surface area contributed by atoms with Crippen LogP contribution < -0.4 is 0 Å². The molecule has 0 atom stereocenters. The van der Waals surface area contributed by atoms with Crippen molar-refractivity contribution in [3.63, 3.8) is 0 Å². The average Bonchev–Trinajstić information content (AvgIpc) is 2.68. The summed E-state index contributed by atoms with van der Waals surface area (Å²) in [5.74, 6) is -0.991. The van der Waals surface area contributed by atoms with Crippen LogP contribution in [0.4, 0.5) is 0 Å². The second-order valence-corrected chi connectivity index (χ2v) is 5.16. The van der Waals surface area contributed by atoms with Gasteiger partial charge in [-0.1, -0.05) is 6.58 Å². The maximum Gasteiger partial charge on any atom is 0.329 e. The van der Waals surface area contributed by atoms with Crippen molar-refractivity contribution in [2.24, 2.45) is 0 Å². The maximum absolute atomic E-state index is 10.2. The molecule has 0 radical (unpaired) electrons. The van der Waals surface area contributed by atoms with Gasteiger partial charge in [-0.05, 0) is 0 Å². The topological polar surface area (TPSA) is 111 Å². The van der Waals surface area contributed by atoms with E-state index in [0.29, 0.717) is 85.9 Å². The highest BCUT2D eigenvalue weighted by Crippen LogP contribution is 1.85. The quantitative estimate of drug-likeness (QED) is 0.177. The van der Waals surface area contributed by atoms with Crippen LogP contribution in [0.1, 0.15) is 0 Å². The molecular weight excluding hydrogens is 376 g/mol. The minimum Gasteiger partial charge on any atom is -0.499 e. The summed E-state index contributed by atoms with van der Waals surface area (Å²) >= 11 is 0. The number of hydrogen-bond acceptors (Lipinski definition) is 9. The van der Waals surface area contributed by atoms with Gasteiger partial charge in [-0.25, -0.2) is 4.79 Å². The van der Waals surface area contributed by atoms with E-state index in [1.54, 1.807) is 0 Å². The summed E-state index contributed by atoms with van der Waals surface area (Å²) in [5, 5.41) is 8.36. The fourth-order valence-electron chi connectivity index (χ4n) is 1.67. The van der Waals surface area contributed by atoms with Crippen LogP contribution in [0.25, 0.3) is 0 Å². The molecule has 0 saturated carbocycles. The highest BCUT2D eigenvalue weighted by atomic mass is 16.6. The van der Waals surface area contributed by atoms with E-state index in [1.165, 1.54) is 6.26 Å². The number of carboxylic acid groups (broad SMARTS) is 1. The molecule has 0 fully saturated rings. The summed E-state index contributed by atoms with van der Waals surface area (Å²) < 4.78 is 41.6. The smallest absolute Gasteiger partial charge is 0.329 e. The normalized spacial score (nSPS) is 10.9. The molecule has 0 aromatic heterocycles. The summed E-state index contributed by atoms with van der Waals surface area (Å²) in [6.07, 6.45) is 1.39. The fraction of sp³-hybridized carbons (Fsp3) is 0.833. The Bertz CT molecular complexity index is 340. The number of aliphatic carboxylic acids is 1. The first kappa shape index (κ1) is 26.7. The van der Waals surface area contributed by atoms with Crippen molar-refractivity contribution < 1.29 is 47.8 Å². The van der Waals surface area contributed by atoms with Crippen LogP contribution in [0.2, 0.25) is 0 Å². The monoisotopic (exact) mass is 410 g/mol. The Morgan fingerprint density at radius 1 is 0.571 bits per heavy atom. The predicted molar refractivity (Wildman–Crippen MR) is 99.5 cm³/mol. The molecule has 1 N–H and O–H groups in total. The van der Waals surface area contributed by atoms with Gasteiger partial charge in [-0.3, -0.25) is 0 Å². The van der Waals surface area contributed by atoms with Crippen molar-refractivity contribution in [1.29, 1.82) is 0 Å². The molecule has 166 valence electrons. The number of ether oxygens (including phenoxy) is 8. The number of hydrogen-bond donors (Lipinski definition) is 1. The minimum atomic E-state index is -0.991. The van der Waals surface area contributed by atoms with E-state index in [-0.39, 0.29) is 13.2 Å². The van der Waals surface area contributed by atoms with Crippen molar-refractivity contribution in [2.75, 3.05) is 99.1 Å². The van der Waals surface area contributed by atoms with Gasteiger partial charge in [0.1, 0.15) is 13.2 Å². The molecule has 0 amide bonds. The molecule has 0 aliphatic rings. The van der Waals surface area contributed by atoms with E-state index in [1.807, 2.05) is 0 Å². The summed E-state index contributed by atoms with van der Waals surface area (Å²) in [7, 11) is 0. The third-order valence-electron chi connectivity index (χ3n) is 2.92. The summed E-state index contributed by atoms with van der Waals surface area (Å²) in [6.45, 7) is 9.60. The summed E-state index contributed by atoms with van der Waals surface area (Å²) in [4.78, 5) is 10.2. The SMILES string of the molecule is C=COCCOCCOCCOCCOCCOCCOCCOCC(=O)O. The number of rotatable bonds is 24. The van der Waals surface area contributed by atoms with Crippen molar-refractivity contribution in [3.05, 3.63) is 12.8 Å². The number of carboxylic acids is 1. The first-order valence-electron chi connectivity index (χ1n) is 9.26. The second-order valence-electron chi connectivity index (χ2n) is 5.16.